The Morgan fingerprint density at radius 1 is 1.03 bits per heavy atom. The zero-order valence-corrected chi connectivity index (χ0v) is 17.3. The molecule has 0 N–H and O–H groups in total. The summed E-state index contributed by atoms with van der Waals surface area (Å²) in [6, 6.07) is 7.57. The molecule has 0 radical (unpaired) electrons. The molecule has 3 heterocycles. The van der Waals surface area contributed by atoms with Crippen molar-refractivity contribution in [2.45, 2.75) is 20.0 Å². The molecule has 2 aliphatic heterocycles. The number of aromatic nitrogens is 2. The Bertz CT molecular complexity index is 982. The van der Waals surface area contributed by atoms with Gasteiger partial charge in [0.2, 0.25) is 0 Å². The number of hydrogen-bond donors (Lipinski definition) is 0. The summed E-state index contributed by atoms with van der Waals surface area (Å²) in [6.45, 7) is 4.90. The van der Waals surface area contributed by atoms with Crippen LogP contribution in [0, 0.1) is 5.82 Å². The summed E-state index contributed by atoms with van der Waals surface area (Å²) >= 11 is 0. The van der Waals surface area contributed by atoms with Gasteiger partial charge in [-0.2, -0.15) is 5.10 Å². The normalized spacial score (nSPS) is 16.3. The monoisotopic (exact) mass is 429 g/mol. The Kier molecular flexibility index (Phi) is 5.88. The van der Waals surface area contributed by atoms with Crippen LogP contribution in [0.25, 0.3) is 0 Å². The zero-order chi connectivity index (χ0) is 22.0. The summed E-state index contributed by atoms with van der Waals surface area (Å²) in [4.78, 5) is 42.5. The van der Waals surface area contributed by atoms with Gasteiger partial charge in [0.25, 0.3) is 11.8 Å². The number of rotatable bonds is 4. The fraction of sp³-hybridized carbons (Fsp3) is 0.429. The predicted octanol–water partition coefficient (Wildman–Crippen LogP) is 1.59. The lowest BCUT2D eigenvalue weighted by Crippen LogP contribution is -2.50. The van der Waals surface area contributed by atoms with Crippen LogP contribution < -0.4 is 0 Å². The second-order valence-corrected chi connectivity index (χ2v) is 7.47. The fourth-order valence-electron chi connectivity index (χ4n) is 3.77. The van der Waals surface area contributed by atoms with Crippen LogP contribution in [0.3, 0.4) is 0 Å². The lowest BCUT2D eigenvalue weighted by molar-refractivity contribution is 0.0564. The molecule has 3 amide bonds. The van der Waals surface area contributed by atoms with Gasteiger partial charge in [0.1, 0.15) is 11.5 Å². The summed E-state index contributed by atoms with van der Waals surface area (Å²) in [5.74, 6) is -0.796. The molecule has 1 fully saturated rings. The zero-order valence-electron chi connectivity index (χ0n) is 17.3. The Morgan fingerprint density at radius 2 is 1.71 bits per heavy atom. The van der Waals surface area contributed by atoms with E-state index in [9.17, 15) is 18.8 Å². The maximum atomic E-state index is 13.1. The summed E-state index contributed by atoms with van der Waals surface area (Å²) in [5, 5.41) is 4.34. The van der Waals surface area contributed by atoms with E-state index in [1.54, 1.807) is 38.4 Å². The Morgan fingerprint density at radius 3 is 2.39 bits per heavy atom. The van der Waals surface area contributed by atoms with Crippen LogP contribution in [-0.4, -0.2) is 81.7 Å². The third-order valence-electron chi connectivity index (χ3n) is 5.47. The number of halogens is 1. The van der Waals surface area contributed by atoms with Crippen LogP contribution in [0.2, 0.25) is 0 Å². The lowest BCUT2D eigenvalue weighted by Gasteiger charge is -2.33. The van der Waals surface area contributed by atoms with Crippen molar-refractivity contribution in [3.63, 3.8) is 0 Å². The number of fused-ring (bicyclic) bond motifs is 1. The van der Waals surface area contributed by atoms with E-state index in [1.165, 1.54) is 18.2 Å². The molecule has 2 aromatic rings. The molecular formula is C21H24FN5O4. The number of hydrogen-bond acceptors (Lipinski definition) is 5. The van der Waals surface area contributed by atoms with E-state index in [-0.39, 0.29) is 29.4 Å². The van der Waals surface area contributed by atoms with Crippen LogP contribution >= 0.6 is 0 Å². The third kappa shape index (κ3) is 4.37. The second kappa shape index (κ2) is 8.75. The van der Waals surface area contributed by atoms with Gasteiger partial charge in [-0.25, -0.2) is 9.18 Å². The van der Waals surface area contributed by atoms with Gasteiger partial charge in [0.05, 0.1) is 13.2 Å². The van der Waals surface area contributed by atoms with E-state index >= 15 is 0 Å². The summed E-state index contributed by atoms with van der Waals surface area (Å²) in [6.07, 6.45) is -0.376. The minimum Gasteiger partial charge on any atom is -0.450 e. The average Bonchev–Trinajstić information content (AvgIpc) is 3.22. The number of piperazine rings is 1. The number of amides is 3. The maximum Gasteiger partial charge on any atom is 0.409 e. The van der Waals surface area contributed by atoms with Gasteiger partial charge in [-0.3, -0.25) is 14.3 Å². The molecule has 2 aliphatic rings. The molecule has 10 heteroatoms. The van der Waals surface area contributed by atoms with Gasteiger partial charge in [-0.1, -0.05) is 12.1 Å². The highest BCUT2D eigenvalue weighted by atomic mass is 19.1. The number of ether oxygens (including phenoxy) is 1. The van der Waals surface area contributed by atoms with Gasteiger partial charge >= 0.3 is 6.09 Å². The molecule has 0 atom stereocenters. The molecule has 0 aliphatic carbocycles. The van der Waals surface area contributed by atoms with Crippen molar-refractivity contribution in [2.75, 3.05) is 39.3 Å². The first-order valence-corrected chi connectivity index (χ1v) is 10.3. The molecule has 1 aromatic heterocycles. The summed E-state index contributed by atoms with van der Waals surface area (Å²) < 4.78 is 19.7. The van der Waals surface area contributed by atoms with Gasteiger partial charge in [-0.15, -0.1) is 0 Å². The van der Waals surface area contributed by atoms with Gasteiger partial charge in [-0.05, 0) is 24.6 Å². The van der Waals surface area contributed by atoms with Crippen molar-refractivity contribution in [3.05, 3.63) is 53.1 Å². The van der Waals surface area contributed by atoms with E-state index in [4.69, 9.17) is 4.74 Å². The standard InChI is InChI=1S/C21H24FN5O4/c1-2-31-21(30)25-9-7-24(8-10-25)19(28)17-13-18-20(29)26(11-12-27(18)23-17)14-15-3-5-16(22)6-4-15/h3-6,13H,2,7-12,14H2,1H3. The second-order valence-electron chi connectivity index (χ2n) is 7.47. The quantitative estimate of drug-likeness (QED) is 0.737. The number of benzene rings is 1. The number of carbonyl (C=O) groups excluding carboxylic acids is 3. The maximum absolute atomic E-state index is 13.1. The molecule has 0 bridgehead atoms. The largest absolute Gasteiger partial charge is 0.450 e. The average molecular weight is 429 g/mol. The minimum absolute atomic E-state index is 0.214. The number of carbonyl (C=O) groups is 3. The van der Waals surface area contributed by atoms with Crippen LogP contribution in [0.1, 0.15) is 33.5 Å². The molecule has 31 heavy (non-hydrogen) atoms. The van der Waals surface area contributed by atoms with Crippen molar-refractivity contribution in [1.29, 1.82) is 0 Å². The molecule has 164 valence electrons. The van der Waals surface area contributed by atoms with Crippen molar-refractivity contribution >= 4 is 17.9 Å². The Balaban J connectivity index is 1.40. The molecule has 1 saturated heterocycles. The smallest absolute Gasteiger partial charge is 0.409 e. The first-order chi connectivity index (χ1) is 15.0. The highest BCUT2D eigenvalue weighted by Crippen LogP contribution is 2.18. The third-order valence-corrected chi connectivity index (χ3v) is 5.47. The van der Waals surface area contributed by atoms with Crippen molar-refractivity contribution in [1.82, 2.24) is 24.5 Å². The molecule has 4 rings (SSSR count). The van der Waals surface area contributed by atoms with Crippen LogP contribution in [0.4, 0.5) is 9.18 Å². The van der Waals surface area contributed by atoms with E-state index in [0.717, 1.165) is 5.56 Å². The van der Waals surface area contributed by atoms with E-state index in [2.05, 4.69) is 5.10 Å². The van der Waals surface area contributed by atoms with Gasteiger partial charge in [0, 0.05) is 45.3 Å². The molecule has 0 spiro atoms. The van der Waals surface area contributed by atoms with E-state index < -0.39 is 0 Å². The summed E-state index contributed by atoms with van der Waals surface area (Å²) in [5.41, 5.74) is 1.41. The first-order valence-electron chi connectivity index (χ1n) is 10.3. The minimum atomic E-state index is -0.376. The Labute approximate surface area is 179 Å². The van der Waals surface area contributed by atoms with Crippen molar-refractivity contribution < 1.29 is 23.5 Å². The summed E-state index contributed by atoms with van der Waals surface area (Å²) in [7, 11) is 0. The van der Waals surface area contributed by atoms with E-state index in [0.29, 0.717) is 58.1 Å². The molecule has 0 saturated carbocycles. The lowest BCUT2D eigenvalue weighted by atomic mass is 10.2. The van der Waals surface area contributed by atoms with Crippen LogP contribution in [0.15, 0.2) is 30.3 Å². The molecular weight excluding hydrogens is 405 g/mol. The van der Waals surface area contributed by atoms with Gasteiger partial charge in [0.15, 0.2) is 5.69 Å². The van der Waals surface area contributed by atoms with Gasteiger partial charge < -0.3 is 19.4 Å². The fourth-order valence-corrected chi connectivity index (χ4v) is 3.77. The van der Waals surface area contributed by atoms with Crippen molar-refractivity contribution in [3.8, 4) is 0 Å². The van der Waals surface area contributed by atoms with E-state index in [1.807, 2.05) is 0 Å². The molecule has 9 nitrogen and oxygen atoms in total. The van der Waals surface area contributed by atoms with Crippen molar-refractivity contribution in [2.24, 2.45) is 0 Å². The molecule has 0 unspecified atom stereocenters. The molecule has 1 aromatic carbocycles. The SMILES string of the molecule is CCOC(=O)N1CCN(C(=O)c2cc3n(n2)CCN(Cc2ccc(F)cc2)C3=O)CC1. The highest BCUT2D eigenvalue weighted by Gasteiger charge is 2.31. The Hall–Kier alpha value is -3.43. The predicted molar refractivity (Wildman–Crippen MR) is 108 cm³/mol. The highest BCUT2D eigenvalue weighted by molar-refractivity contribution is 5.98. The topological polar surface area (TPSA) is 88.0 Å². The number of nitrogens with zero attached hydrogens (tertiary/aromatic N) is 5. The first kappa shape index (κ1) is 20.8. The van der Waals surface area contributed by atoms with Crippen LogP contribution in [-0.2, 0) is 17.8 Å². The van der Waals surface area contributed by atoms with Crippen LogP contribution in [0.5, 0.6) is 0 Å².